The maximum Gasteiger partial charge on any atom is 0.326 e. The SMILES string of the molecule is CCCCCCCN(C(=O)Nc1ccccc1)c1ccc(Sc2ccc(CC(=O)O)cc2)cc1. The molecule has 0 aliphatic rings. The predicted octanol–water partition coefficient (Wildman–Crippen LogP) is 7.47. The molecular weight excluding hydrogens is 444 g/mol. The highest BCUT2D eigenvalue weighted by atomic mass is 32.2. The number of carboxylic acids is 1. The van der Waals surface area contributed by atoms with E-state index in [2.05, 4.69) is 12.2 Å². The van der Waals surface area contributed by atoms with Crippen LogP contribution in [-0.4, -0.2) is 23.7 Å². The van der Waals surface area contributed by atoms with Crippen molar-refractivity contribution in [2.45, 2.75) is 55.2 Å². The Morgan fingerprint density at radius 3 is 2.06 bits per heavy atom. The predicted molar refractivity (Wildman–Crippen MR) is 140 cm³/mol. The minimum absolute atomic E-state index is 0.0268. The number of amides is 2. The Kier molecular flexibility index (Phi) is 10.0. The van der Waals surface area contributed by atoms with Gasteiger partial charge in [-0.25, -0.2) is 4.79 Å². The lowest BCUT2D eigenvalue weighted by atomic mass is 10.1. The molecule has 6 heteroatoms. The van der Waals surface area contributed by atoms with Gasteiger partial charge in [-0.2, -0.15) is 0 Å². The van der Waals surface area contributed by atoms with Crippen LogP contribution in [-0.2, 0) is 11.2 Å². The summed E-state index contributed by atoms with van der Waals surface area (Å²) in [4.78, 5) is 27.9. The second kappa shape index (κ2) is 13.5. The average molecular weight is 477 g/mol. The summed E-state index contributed by atoms with van der Waals surface area (Å²) in [6, 6.07) is 25.0. The van der Waals surface area contributed by atoms with E-state index in [0.29, 0.717) is 6.54 Å². The van der Waals surface area contributed by atoms with E-state index < -0.39 is 5.97 Å². The monoisotopic (exact) mass is 476 g/mol. The van der Waals surface area contributed by atoms with Crippen molar-refractivity contribution in [3.05, 3.63) is 84.4 Å². The smallest absolute Gasteiger partial charge is 0.326 e. The molecule has 0 heterocycles. The fourth-order valence-corrected chi connectivity index (χ4v) is 4.43. The zero-order valence-electron chi connectivity index (χ0n) is 19.6. The van der Waals surface area contributed by atoms with E-state index >= 15 is 0 Å². The summed E-state index contributed by atoms with van der Waals surface area (Å²) in [7, 11) is 0. The lowest BCUT2D eigenvalue weighted by Gasteiger charge is -2.23. The van der Waals surface area contributed by atoms with Crippen LogP contribution in [0.5, 0.6) is 0 Å². The first-order chi connectivity index (χ1) is 16.5. The summed E-state index contributed by atoms with van der Waals surface area (Å²) in [5.41, 5.74) is 2.43. The molecule has 0 fully saturated rings. The van der Waals surface area contributed by atoms with Crippen molar-refractivity contribution in [3.63, 3.8) is 0 Å². The number of benzene rings is 3. The van der Waals surface area contributed by atoms with Gasteiger partial charge in [0.1, 0.15) is 0 Å². The number of hydrogen-bond acceptors (Lipinski definition) is 3. The fraction of sp³-hybridized carbons (Fsp3) is 0.286. The molecule has 0 aliphatic carbocycles. The van der Waals surface area contributed by atoms with Crippen LogP contribution < -0.4 is 10.2 Å². The number of anilines is 2. The number of carbonyl (C=O) groups excluding carboxylic acids is 1. The van der Waals surface area contributed by atoms with E-state index in [9.17, 15) is 9.59 Å². The molecule has 178 valence electrons. The number of aliphatic carboxylic acids is 1. The Morgan fingerprint density at radius 1 is 0.824 bits per heavy atom. The third-order valence-corrected chi connectivity index (χ3v) is 6.43. The Bertz CT molecular complexity index is 1040. The standard InChI is InChI=1S/C28H32N2O3S/c1-2-3-4-5-9-20-30(28(33)29-23-10-7-6-8-11-23)24-14-18-26(19-15-24)34-25-16-12-22(13-17-25)21-27(31)32/h6-8,10-19H,2-5,9,20-21H2,1H3,(H,29,33)(H,31,32). The highest BCUT2D eigenvalue weighted by Crippen LogP contribution is 2.30. The average Bonchev–Trinajstić information content (AvgIpc) is 2.83. The second-order valence-corrected chi connectivity index (χ2v) is 9.32. The maximum absolute atomic E-state index is 13.1. The van der Waals surface area contributed by atoms with Crippen molar-refractivity contribution in [1.82, 2.24) is 0 Å². The molecule has 3 aromatic rings. The molecule has 0 aromatic heterocycles. The number of hydrogen-bond donors (Lipinski definition) is 2. The Morgan fingerprint density at radius 2 is 1.44 bits per heavy atom. The fourth-order valence-electron chi connectivity index (χ4n) is 3.61. The number of unbranched alkanes of at least 4 members (excludes halogenated alkanes) is 4. The van der Waals surface area contributed by atoms with Crippen molar-refractivity contribution in [3.8, 4) is 0 Å². The Hall–Kier alpha value is -3.25. The molecule has 0 saturated heterocycles. The summed E-state index contributed by atoms with van der Waals surface area (Å²) >= 11 is 1.61. The van der Waals surface area contributed by atoms with Crippen molar-refractivity contribution in [2.75, 3.05) is 16.8 Å². The van der Waals surface area contributed by atoms with Crippen LogP contribution in [0, 0.1) is 0 Å². The number of nitrogens with zero attached hydrogens (tertiary/aromatic N) is 1. The van der Waals surface area contributed by atoms with Gasteiger partial charge in [-0.3, -0.25) is 9.69 Å². The van der Waals surface area contributed by atoms with Crippen LogP contribution in [0.15, 0.2) is 88.7 Å². The van der Waals surface area contributed by atoms with Crippen LogP contribution >= 0.6 is 11.8 Å². The number of nitrogens with one attached hydrogen (secondary N) is 1. The maximum atomic E-state index is 13.1. The van der Waals surface area contributed by atoms with Gasteiger partial charge in [0.05, 0.1) is 6.42 Å². The first kappa shape index (κ1) is 25.4. The molecule has 0 spiro atoms. The minimum Gasteiger partial charge on any atom is -0.481 e. The van der Waals surface area contributed by atoms with Crippen molar-refractivity contribution in [2.24, 2.45) is 0 Å². The van der Waals surface area contributed by atoms with E-state index in [-0.39, 0.29) is 12.5 Å². The molecule has 0 radical (unpaired) electrons. The summed E-state index contributed by atoms with van der Waals surface area (Å²) < 4.78 is 0. The zero-order chi connectivity index (χ0) is 24.2. The normalized spacial score (nSPS) is 10.6. The van der Waals surface area contributed by atoms with Crippen LogP contribution in [0.4, 0.5) is 16.2 Å². The van der Waals surface area contributed by atoms with Gasteiger partial charge in [0.2, 0.25) is 0 Å². The number of carbonyl (C=O) groups is 2. The van der Waals surface area contributed by atoms with E-state index in [1.165, 1.54) is 19.3 Å². The largest absolute Gasteiger partial charge is 0.481 e. The molecule has 3 rings (SSSR count). The van der Waals surface area contributed by atoms with Crippen molar-refractivity contribution >= 4 is 35.1 Å². The van der Waals surface area contributed by atoms with Gasteiger partial charge in [-0.1, -0.05) is 74.7 Å². The van der Waals surface area contributed by atoms with E-state index in [4.69, 9.17) is 5.11 Å². The topological polar surface area (TPSA) is 69.6 Å². The molecular formula is C28H32N2O3S. The molecule has 2 amide bonds. The highest BCUT2D eigenvalue weighted by Gasteiger charge is 2.16. The van der Waals surface area contributed by atoms with Gasteiger partial charge in [0.25, 0.3) is 0 Å². The van der Waals surface area contributed by atoms with Crippen LogP contribution in [0.3, 0.4) is 0 Å². The van der Waals surface area contributed by atoms with Crippen molar-refractivity contribution in [1.29, 1.82) is 0 Å². The summed E-state index contributed by atoms with van der Waals surface area (Å²) in [5, 5.41) is 11.9. The van der Waals surface area contributed by atoms with Gasteiger partial charge in [-0.05, 0) is 60.5 Å². The van der Waals surface area contributed by atoms with E-state index in [1.54, 1.807) is 11.8 Å². The third kappa shape index (κ3) is 8.27. The number of urea groups is 1. The Balaban J connectivity index is 1.67. The quantitative estimate of drug-likeness (QED) is 0.266. The molecule has 2 N–H and O–H groups in total. The third-order valence-electron chi connectivity index (χ3n) is 5.42. The molecule has 3 aromatic carbocycles. The summed E-state index contributed by atoms with van der Waals surface area (Å²) in [6.45, 7) is 2.86. The van der Waals surface area contributed by atoms with Crippen LogP contribution in [0.25, 0.3) is 0 Å². The molecule has 0 aliphatic heterocycles. The molecule has 5 nitrogen and oxygen atoms in total. The summed E-state index contributed by atoms with van der Waals surface area (Å²) in [5.74, 6) is -0.831. The minimum atomic E-state index is -0.831. The zero-order valence-corrected chi connectivity index (χ0v) is 20.4. The van der Waals surface area contributed by atoms with Crippen LogP contribution in [0.2, 0.25) is 0 Å². The second-order valence-electron chi connectivity index (χ2n) is 8.17. The van der Waals surface area contributed by atoms with Gasteiger partial charge in [-0.15, -0.1) is 0 Å². The van der Waals surface area contributed by atoms with E-state index in [1.807, 2.05) is 83.8 Å². The van der Waals surface area contributed by atoms with Crippen molar-refractivity contribution < 1.29 is 14.7 Å². The molecule has 0 atom stereocenters. The molecule has 0 bridgehead atoms. The number of para-hydroxylation sites is 1. The highest BCUT2D eigenvalue weighted by molar-refractivity contribution is 7.99. The summed E-state index contributed by atoms with van der Waals surface area (Å²) in [6.07, 6.45) is 5.69. The Labute approximate surface area is 206 Å². The van der Waals surface area contributed by atoms with Gasteiger partial charge in [0.15, 0.2) is 0 Å². The molecule has 34 heavy (non-hydrogen) atoms. The lowest BCUT2D eigenvalue weighted by molar-refractivity contribution is -0.136. The first-order valence-corrected chi connectivity index (χ1v) is 12.6. The van der Waals surface area contributed by atoms with Gasteiger partial charge in [0, 0.05) is 27.7 Å². The number of rotatable bonds is 12. The van der Waals surface area contributed by atoms with Gasteiger partial charge >= 0.3 is 12.0 Å². The van der Waals surface area contributed by atoms with Gasteiger partial charge < -0.3 is 10.4 Å². The lowest BCUT2D eigenvalue weighted by Crippen LogP contribution is -2.35. The molecule has 0 unspecified atom stereocenters. The van der Waals surface area contributed by atoms with Crippen LogP contribution in [0.1, 0.15) is 44.6 Å². The first-order valence-electron chi connectivity index (χ1n) is 11.8. The molecule has 0 saturated carbocycles. The number of carboxylic acid groups (broad SMARTS) is 1. The van der Waals surface area contributed by atoms with E-state index in [0.717, 1.165) is 39.6 Å².